The molecule has 0 unspecified atom stereocenters. The molecule has 0 amide bonds. The molecule has 0 radical (unpaired) electrons. The van der Waals surface area contributed by atoms with Crippen molar-refractivity contribution in [1.29, 1.82) is 0 Å². The monoisotopic (exact) mass is 212 g/mol. The van der Waals surface area contributed by atoms with Crippen LogP contribution in [0.5, 0.6) is 5.88 Å². The first-order valence-electron chi connectivity index (χ1n) is 4.59. The molecule has 84 valence electrons. The van der Waals surface area contributed by atoms with Gasteiger partial charge in [-0.15, -0.1) is 0 Å². The predicted octanol–water partition coefficient (Wildman–Crippen LogP) is 1.12. The Morgan fingerprint density at radius 2 is 2.07 bits per heavy atom. The fourth-order valence-electron chi connectivity index (χ4n) is 1.10. The fraction of sp³-hybridized carbons (Fsp3) is 0.500. The lowest BCUT2D eigenvalue weighted by Gasteiger charge is -2.14. The van der Waals surface area contributed by atoms with E-state index in [4.69, 9.17) is 14.2 Å². The summed E-state index contributed by atoms with van der Waals surface area (Å²) in [6, 6.07) is 3.66. The number of ether oxygens (including phenoxy) is 3. The van der Waals surface area contributed by atoms with Gasteiger partial charge in [-0.25, -0.2) is 4.98 Å². The van der Waals surface area contributed by atoms with Crippen LogP contribution in [0, 0.1) is 0 Å². The minimum Gasteiger partial charge on any atom is -0.481 e. The Bertz CT molecular complexity index is 290. The second-order valence-corrected chi connectivity index (χ2v) is 2.87. The molecule has 1 aromatic heterocycles. The molecular formula is C10H16N2O3. The minimum absolute atomic E-state index is 0.260. The summed E-state index contributed by atoms with van der Waals surface area (Å²) in [5.74, 6) is 0.575. The number of pyridine rings is 1. The van der Waals surface area contributed by atoms with Gasteiger partial charge < -0.3 is 19.5 Å². The summed E-state index contributed by atoms with van der Waals surface area (Å²) in [7, 11) is 4.78. The third kappa shape index (κ3) is 3.73. The highest BCUT2D eigenvalue weighted by Gasteiger charge is 2.04. The maximum atomic E-state index is 5.05. The number of aromatic nitrogens is 1. The first kappa shape index (κ1) is 11.7. The van der Waals surface area contributed by atoms with Crippen LogP contribution in [0.15, 0.2) is 18.3 Å². The lowest BCUT2D eigenvalue weighted by Crippen LogP contribution is -2.23. The van der Waals surface area contributed by atoms with Crippen molar-refractivity contribution in [3.05, 3.63) is 18.3 Å². The van der Waals surface area contributed by atoms with Crippen LogP contribution in [-0.4, -0.2) is 39.1 Å². The van der Waals surface area contributed by atoms with E-state index in [-0.39, 0.29) is 6.29 Å². The van der Waals surface area contributed by atoms with Crippen LogP contribution >= 0.6 is 0 Å². The number of rotatable bonds is 6. The largest absolute Gasteiger partial charge is 0.481 e. The molecule has 0 fully saturated rings. The average molecular weight is 212 g/mol. The van der Waals surface area contributed by atoms with Crippen LogP contribution in [0.4, 0.5) is 5.69 Å². The molecule has 1 heterocycles. The molecule has 0 aliphatic rings. The Labute approximate surface area is 89.4 Å². The summed E-state index contributed by atoms with van der Waals surface area (Å²) in [4.78, 5) is 4.00. The molecule has 5 nitrogen and oxygen atoms in total. The molecular weight excluding hydrogens is 196 g/mol. The van der Waals surface area contributed by atoms with E-state index in [2.05, 4.69) is 10.3 Å². The van der Waals surface area contributed by atoms with Gasteiger partial charge in [0, 0.05) is 32.2 Å². The molecule has 1 N–H and O–H groups in total. The Morgan fingerprint density at radius 3 is 2.67 bits per heavy atom. The molecule has 0 bridgehead atoms. The van der Waals surface area contributed by atoms with Crippen molar-refractivity contribution in [3.63, 3.8) is 0 Å². The summed E-state index contributed by atoms with van der Waals surface area (Å²) in [5.41, 5.74) is 0.918. The number of nitrogens with zero attached hydrogens (tertiary/aromatic N) is 1. The van der Waals surface area contributed by atoms with Crippen molar-refractivity contribution in [2.75, 3.05) is 33.2 Å². The average Bonchev–Trinajstić information content (AvgIpc) is 2.31. The lowest BCUT2D eigenvalue weighted by molar-refractivity contribution is -0.0914. The molecule has 5 heteroatoms. The van der Waals surface area contributed by atoms with E-state index in [1.807, 2.05) is 12.1 Å². The van der Waals surface area contributed by atoms with Gasteiger partial charge >= 0.3 is 0 Å². The molecule has 0 aliphatic heterocycles. The van der Waals surface area contributed by atoms with Crippen LogP contribution in [-0.2, 0) is 9.47 Å². The fourth-order valence-corrected chi connectivity index (χ4v) is 1.10. The summed E-state index contributed by atoms with van der Waals surface area (Å²) < 4.78 is 15.1. The van der Waals surface area contributed by atoms with Crippen LogP contribution in [0.1, 0.15) is 0 Å². The Balaban J connectivity index is 2.49. The van der Waals surface area contributed by atoms with Gasteiger partial charge in [-0.3, -0.25) is 0 Å². The Morgan fingerprint density at radius 1 is 1.33 bits per heavy atom. The number of anilines is 1. The van der Waals surface area contributed by atoms with E-state index in [0.29, 0.717) is 12.4 Å². The Hall–Kier alpha value is -1.33. The molecule has 1 rings (SSSR count). The number of methoxy groups -OCH3 is 3. The molecule has 15 heavy (non-hydrogen) atoms. The van der Waals surface area contributed by atoms with Crippen LogP contribution < -0.4 is 10.1 Å². The van der Waals surface area contributed by atoms with E-state index in [9.17, 15) is 0 Å². The highest BCUT2D eigenvalue weighted by Crippen LogP contribution is 2.13. The molecule has 0 saturated carbocycles. The van der Waals surface area contributed by atoms with Gasteiger partial charge in [-0.2, -0.15) is 0 Å². The highest BCUT2D eigenvalue weighted by atomic mass is 16.7. The van der Waals surface area contributed by atoms with Gasteiger partial charge in [0.2, 0.25) is 5.88 Å². The van der Waals surface area contributed by atoms with Gasteiger partial charge in [0.05, 0.1) is 13.7 Å². The van der Waals surface area contributed by atoms with Gasteiger partial charge in [0.25, 0.3) is 0 Å². The van der Waals surface area contributed by atoms with E-state index >= 15 is 0 Å². The zero-order valence-corrected chi connectivity index (χ0v) is 9.19. The van der Waals surface area contributed by atoms with Crippen molar-refractivity contribution < 1.29 is 14.2 Å². The van der Waals surface area contributed by atoms with Crippen molar-refractivity contribution >= 4 is 5.69 Å². The second-order valence-electron chi connectivity index (χ2n) is 2.87. The summed E-state index contributed by atoms with van der Waals surface area (Å²) >= 11 is 0. The first-order valence-corrected chi connectivity index (χ1v) is 4.59. The van der Waals surface area contributed by atoms with Crippen molar-refractivity contribution in [1.82, 2.24) is 4.98 Å². The predicted molar refractivity (Wildman–Crippen MR) is 57.1 cm³/mol. The van der Waals surface area contributed by atoms with E-state index < -0.39 is 0 Å². The Kier molecular flexibility index (Phi) is 4.86. The second kappa shape index (κ2) is 6.21. The zero-order chi connectivity index (χ0) is 11.1. The topological polar surface area (TPSA) is 52.6 Å². The van der Waals surface area contributed by atoms with E-state index in [0.717, 1.165) is 5.69 Å². The smallest absolute Gasteiger partial charge is 0.214 e. The van der Waals surface area contributed by atoms with Gasteiger partial charge in [-0.05, 0) is 6.07 Å². The first-order chi connectivity index (χ1) is 7.30. The normalized spacial score (nSPS) is 10.4. The van der Waals surface area contributed by atoms with Crippen LogP contribution in [0.25, 0.3) is 0 Å². The number of hydrogen-bond acceptors (Lipinski definition) is 5. The van der Waals surface area contributed by atoms with Crippen molar-refractivity contribution in [2.24, 2.45) is 0 Å². The number of nitrogens with one attached hydrogen (secondary N) is 1. The van der Waals surface area contributed by atoms with Crippen LogP contribution in [0.3, 0.4) is 0 Å². The third-order valence-corrected chi connectivity index (χ3v) is 1.94. The van der Waals surface area contributed by atoms with E-state index in [1.165, 1.54) is 0 Å². The summed E-state index contributed by atoms with van der Waals surface area (Å²) in [5, 5.41) is 3.15. The quantitative estimate of drug-likeness (QED) is 0.716. The molecule has 0 saturated heterocycles. The summed E-state index contributed by atoms with van der Waals surface area (Å²) in [6.45, 7) is 0.570. The highest BCUT2D eigenvalue weighted by molar-refractivity contribution is 5.44. The molecule has 1 aromatic rings. The van der Waals surface area contributed by atoms with Gasteiger partial charge in [0.1, 0.15) is 0 Å². The van der Waals surface area contributed by atoms with Crippen molar-refractivity contribution in [2.45, 2.75) is 6.29 Å². The molecule has 0 aliphatic carbocycles. The maximum absolute atomic E-state index is 5.05. The van der Waals surface area contributed by atoms with E-state index in [1.54, 1.807) is 27.5 Å². The standard InChI is InChI=1S/C10H16N2O3/c1-13-9-6-8(4-5-11-9)12-7-10(14-2)15-3/h4-6,10H,7H2,1-3H3,(H,11,12). The van der Waals surface area contributed by atoms with Crippen LogP contribution in [0.2, 0.25) is 0 Å². The molecule has 0 aromatic carbocycles. The van der Waals surface area contributed by atoms with Crippen molar-refractivity contribution in [3.8, 4) is 5.88 Å². The third-order valence-electron chi connectivity index (χ3n) is 1.94. The van der Waals surface area contributed by atoms with Gasteiger partial charge in [0.15, 0.2) is 6.29 Å². The molecule has 0 spiro atoms. The maximum Gasteiger partial charge on any atom is 0.214 e. The lowest BCUT2D eigenvalue weighted by atomic mass is 10.4. The minimum atomic E-state index is -0.260. The molecule has 0 atom stereocenters. The zero-order valence-electron chi connectivity index (χ0n) is 9.19. The number of hydrogen-bond donors (Lipinski definition) is 1. The SMILES string of the molecule is COc1cc(NCC(OC)OC)ccn1. The summed E-state index contributed by atoms with van der Waals surface area (Å²) in [6.07, 6.45) is 1.42. The van der Waals surface area contributed by atoms with Gasteiger partial charge in [-0.1, -0.05) is 0 Å².